The first kappa shape index (κ1) is 13.6. The van der Waals surface area contributed by atoms with Gasteiger partial charge in [0.05, 0.1) is 0 Å². The zero-order chi connectivity index (χ0) is 13.3. The number of amides is 1. The predicted molar refractivity (Wildman–Crippen MR) is 73.6 cm³/mol. The molecular weight excluding hydrogens is 296 g/mol. The van der Waals surface area contributed by atoms with E-state index in [1.165, 1.54) is 0 Å². The molecule has 4 nitrogen and oxygen atoms in total. The first-order chi connectivity index (χ1) is 8.52. The van der Waals surface area contributed by atoms with Gasteiger partial charge in [-0.1, -0.05) is 6.92 Å². The van der Waals surface area contributed by atoms with Gasteiger partial charge >= 0.3 is 0 Å². The van der Waals surface area contributed by atoms with E-state index < -0.39 is 0 Å². The number of aliphatic hydroxyl groups excluding tert-OH is 1. The molecule has 0 aliphatic heterocycles. The molecule has 1 aromatic heterocycles. The number of nitrogens with one attached hydrogen (secondary N) is 1. The molecule has 0 aromatic carbocycles. The van der Waals surface area contributed by atoms with Gasteiger partial charge in [0.1, 0.15) is 5.69 Å². The van der Waals surface area contributed by atoms with Crippen molar-refractivity contribution in [1.82, 2.24) is 9.88 Å². The van der Waals surface area contributed by atoms with Crippen LogP contribution in [-0.2, 0) is 0 Å². The smallest absolute Gasteiger partial charge is 0.268 e. The van der Waals surface area contributed by atoms with E-state index in [-0.39, 0.29) is 24.5 Å². The number of hydrogen-bond donors (Lipinski definition) is 2. The standard InChI is InChI=1S/C13H19BrN2O2/c1-8(7-17)9(2)15-13(18)12-5-10(14)6-16(12)11-3-4-11/h5-6,8-9,11,17H,3-4,7H2,1-2H3,(H,15,18). The fraction of sp³-hybridized carbons (Fsp3) is 0.615. The van der Waals surface area contributed by atoms with E-state index in [1.54, 1.807) is 0 Å². The van der Waals surface area contributed by atoms with Gasteiger partial charge in [0.2, 0.25) is 0 Å². The van der Waals surface area contributed by atoms with Gasteiger partial charge < -0.3 is 15.0 Å². The number of nitrogens with zero attached hydrogens (tertiary/aromatic N) is 1. The number of carbonyl (C=O) groups excluding carboxylic acids is 1. The summed E-state index contributed by atoms with van der Waals surface area (Å²) in [6, 6.07) is 2.29. The molecule has 1 fully saturated rings. The quantitative estimate of drug-likeness (QED) is 0.876. The van der Waals surface area contributed by atoms with E-state index in [4.69, 9.17) is 5.11 Å². The molecule has 0 saturated heterocycles. The fourth-order valence-corrected chi connectivity index (χ4v) is 2.30. The molecule has 1 amide bonds. The summed E-state index contributed by atoms with van der Waals surface area (Å²) in [5, 5.41) is 12.0. The summed E-state index contributed by atoms with van der Waals surface area (Å²) >= 11 is 3.42. The molecule has 2 atom stereocenters. The van der Waals surface area contributed by atoms with Crippen molar-refractivity contribution in [3.8, 4) is 0 Å². The molecule has 0 bridgehead atoms. The summed E-state index contributed by atoms with van der Waals surface area (Å²) in [5.74, 6) is -0.0119. The highest BCUT2D eigenvalue weighted by Crippen LogP contribution is 2.37. The SMILES string of the molecule is CC(CO)C(C)NC(=O)c1cc(Br)cn1C1CC1. The largest absolute Gasteiger partial charge is 0.396 e. The number of hydrogen-bond acceptors (Lipinski definition) is 2. The maximum Gasteiger partial charge on any atom is 0.268 e. The van der Waals surface area contributed by atoms with Gasteiger partial charge in [-0.15, -0.1) is 0 Å². The Morgan fingerprint density at radius 3 is 2.83 bits per heavy atom. The minimum Gasteiger partial charge on any atom is -0.396 e. The molecule has 1 aliphatic rings. The third kappa shape index (κ3) is 2.95. The van der Waals surface area contributed by atoms with Crippen LogP contribution in [0.1, 0.15) is 43.2 Å². The molecule has 0 spiro atoms. The molecule has 2 N–H and O–H groups in total. The van der Waals surface area contributed by atoms with E-state index in [0.717, 1.165) is 17.3 Å². The van der Waals surface area contributed by atoms with Crippen LogP contribution in [0.4, 0.5) is 0 Å². The molecule has 0 radical (unpaired) electrons. The highest BCUT2D eigenvalue weighted by Gasteiger charge is 2.28. The molecule has 1 heterocycles. The summed E-state index contributed by atoms with van der Waals surface area (Å²) in [7, 11) is 0. The first-order valence-electron chi connectivity index (χ1n) is 6.32. The van der Waals surface area contributed by atoms with Gasteiger partial charge in [-0.05, 0) is 47.7 Å². The Morgan fingerprint density at radius 1 is 1.61 bits per heavy atom. The molecule has 18 heavy (non-hydrogen) atoms. The van der Waals surface area contributed by atoms with Gasteiger partial charge in [-0.3, -0.25) is 4.79 Å². The molecule has 100 valence electrons. The molecular formula is C13H19BrN2O2. The van der Waals surface area contributed by atoms with Crippen LogP contribution in [0, 0.1) is 5.92 Å². The number of halogens is 1. The maximum absolute atomic E-state index is 12.2. The molecule has 2 rings (SSSR count). The van der Waals surface area contributed by atoms with Crippen LogP contribution >= 0.6 is 15.9 Å². The van der Waals surface area contributed by atoms with Crippen molar-refractivity contribution in [1.29, 1.82) is 0 Å². The van der Waals surface area contributed by atoms with Crippen LogP contribution < -0.4 is 5.32 Å². The summed E-state index contributed by atoms with van der Waals surface area (Å²) in [6.07, 6.45) is 4.25. The number of carbonyl (C=O) groups is 1. The first-order valence-corrected chi connectivity index (χ1v) is 7.11. The number of aromatic nitrogens is 1. The fourth-order valence-electron chi connectivity index (χ4n) is 1.86. The topological polar surface area (TPSA) is 54.3 Å². The van der Waals surface area contributed by atoms with Crippen LogP contribution in [0.15, 0.2) is 16.7 Å². The zero-order valence-electron chi connectivity index (χ0n) is 10.7. The second-order valence-corrected chi connectivity index (χ2v) is 6.02. The lowest BCUT2D eigenvalue weighted by molar-refractivity contribution is 0.0906. The lowest BCUT2D eigenvalue weighted by Crippen LogP contribution is -2.39. The zero-order valence-corrected chi connectivity index (χ0v) is 12.3. The maximum atomic E-state index is 12.2. The number of aliphatic hydroxyl groups is 1. The van der Waals surface area contributed by atoms with Gasteiger partial charge in [-0.2, -0.15) is 0 Å². The summed E-state index contributed by atoms with van der Waals surface area (Å²) in [4.78, 5) is 12.2. The Morgan fingerprint density at radius 2 is 2.28 bits per heavy atom. The van der Waals surface area contributed by atoms with Crippen LogP contribution in [0.3, 0.4) is 0 Å². The van der Waals surface area contributed by atoms with Crippen molar-refractivity contribution in [2.24, 2.45) is 5.92 Å². The second kappa shape index (κ2) is 5.45. The normalized spacial score (nSPS) is 18.4. The van der Waals surface area contributed by atoms with E-state index in [9.17, 15) is 4.79 Å². The van der Waals surface area contributed by atoms with E-state index in [2.05, 4.69) is 21.2 Å². The molecule has 2 unspecified atom stereocenters. The van der Waals surface area contributed by atoms with Crippen molar-refractivity contribution < 1.29 is 9.90 Å². The minimum absolute atomic E-state index is 0.0381. The van der Waals surface area contributed by atoms with Crippen LogP contribution in [0.25, 0.3) is 0 Å². The van der Waals surface area contributed by atoms with Crippen molar-refractivity contribution in [3.05, 3.63) is 22.4 Å². The molecule has 1 saturated carbocycles. The Labute approximate surface area is 116 Å². The highest BCUT2D eigenvalue weighted by molar-refractivity contribution is 9.10. The van der Waals surface area contributed by atoms with Crippen molar-refractivity contribution in [2.45, 2.75) is 38.8 Å². The van der Waals surface area contributed by atoms with Gasteiger partial charge in [0, 0.05) is 29.4 Å². The van der Waals surface area contributed by atoms with Crippen LogP contribution in [-0.4, -0.2) is 28.2 Å². The van der Waals surface area contributed by atoms with Crippen molar-refractivity contribution in [2.75, 3.05) is 6.61 Å². The summed E-state index contributed by atoms with van der Waals surface area (Å²) < 4.78 is 2.97. The predicted octanol–water partition coefficient (Wildman–Crippen LogP) is 2.33. The minimum atomic E-state index is -0.0691. The monoisotopic (exact) mass is 314 g/mol. The third-order valence-electron chi connectivity index (χ3n) is 3.49. The van der Waals surface area contributed by atoms with Gasteiger partial charge in [0.15, 0.2) is 0 Å². The van der Waals surface area contributed by atoms with Crippen molar-refractivity contribution >= 4 is 21.8 Å². The Bertz CT molecular complexity index is 440. The van der Waals surface area contributed by atoms with E-state index in [1.807, 2.05) is 30.7 Å². The molecule has 5 heteroatoms. The Kier molecular flexibility index (Phi) is 4.12. The lowest BCUT2D eigenvalue weighted by Gasteiger charge is -2.19. The highest BCUT2D eigenvalue weighted by atomic mass is 79.9. The lowest BCUT2D eigenvalue weighted by atomic mass is 10.1. The Balaban J connectivity index is 2.08. The van der Waals surface area contributed by atoms with E-state index in [0.29, 0.717) is 11.7 Å². The number of rotatable bonds is 5. The average Bonchev–Trinajstić information content (AvgIpc) is 3.11. The summed E-state index contributed by atoms with van der Waals surface area (Å²) in [5.41, 5.74) is 0.696. The van der Waals surface area contributed by atoms with E-state index >= 15 is 0 Å². The Hall–Kier alpha value is -0.810. The third-order valence-corrected chi connectivity index (χ3v) is 3.92. The van der Waals surface area contributed by atoms with Crippen molar-refractivity contribution in [3.63, 3.8) is 0 Å². The molecule has 1 aliphatic carbocycles. The second-order valence-electron chi connectivity index (χ2n) is 5.10. The molecule has 1 aromatic rings. The van der Waals surface area contributed by atoms with Crippen LogP contribution in [0.5, 0.6) is 0 Å². The average molecular weight is 315 g/mol. The summed E-state index contributed by atoms with van der Waals surface area (Å²) in [6.45, 7) is 3.91. The van der Waals surface area contributed by atoms with Crippen LogP contribution in [0.2, 0.25) is 0 Å². The van der Waals surface area contributed by atoms with Gasteiger partial charge in [0.25, 0.3) is 5.91 Å². The van der Waals surface area contributed by atoms with Gasteiger partial charge in [-0.25, -0.2) is 0 Å².